The lowest BCUT2D eigenvalue weighted by atomic mass is 10.0. The first kappa shape index (κ1) is 14.1. The molecule has 1 amide bonds. The average Bonchev–Trinajstić information content (AvgIpc) is 3.10. The van der Waals surface area contributed by atoms with Gasteiger partial charge in [-0.1, -0.05) is 12.1 Å². The number of aryl methyl sites for hydroxylation is 2. The number of benzene rings is 1. The maximum atomic E-state index is 12.4. The molecule has 1 atom stereocenters. The number of nitrogens with two attached hydrogens (primary N) is 1. The smallest absolute Gasteiger partial charge is 0.227 e. The third-order valence-electron chi connectivity index (χ3n) is 4.66. The summed E-state index contributed by atoms with van der Waals surface area (Å²) in [6.07, 6.45) is 3.16. The van der Waals surface area contributed by atoms with Gasteiger partial charge in [0.25, 0.3) is 0 Å². The van der Waals surface area contributed by atoms with Gasteiger partial charge in [-0.15, -0.1) is 0 Å². The van der Waals surface area contributed by atoms with Gasteiger partial charge in [0.05, 0.1) is 12.7 Å². The van der Waals surface area contributed by atoms with Crippen LogP contribution in [0.2, 0.25) is 0 Å². The van der Waals surface area contributed by atoms with Crippen LogP contribution >= 0.6 is 0 Å². The zero-order valence-corrected chi connectivity index (χ0v) is 12.7. The normalized spacial score (nSPS) is 18.6. The number of furan rings is 1. The molecule has 0 saturated carbocycles. The summed E-state index contributed by atoms with van der Waals surface area (Å²) in [5.74, 6) is 0.631. The van der Waals surface area contributed by atoms with Crippen molar-refractivity contribution in [1.29, 1.82) is 0 Å². The van der Waals surface area contributed by atoms with Gasteiger partial charge in [-0.3, -0.25) is 4.79 Å². The largest absolute Gasteiger partial charge is 0.464 e. The van der Waals surface area contributed by atoms with E-state index in [9.17, 15) is 4.79 Å². The van der Waals surface area contributed by atoms with Crippen LogP contribution in [0.5, 0.6) is 0 Å². The highest BCUT2D eigenvalue weighted by Crippen LogP contribution is 2.27. The minimum atomic E-state index is 0.173. The van der Waals surface area contributed by atoms with Crippen LogP contribution in [-0.4, -0.2) is 30.4 Å². The summed E-state index contributed by atoms with van der Waals surface area (Å²) < 4.78 is 5.68. The maximum Gasteiger partial charge on any atom is 0.227 e. The molecule has 0 radical (unpaired) electrons. The van der Waals surface area contributed by atoms with E-state index in [0.717, 1.165) is 41.6 Å². The van der Waals surface area contributed by atoms with Crippen molar-refractivity contribution in [1.82, 2.24) is 4.90 Å². The highest BCUT2D eigenvalue weighted by Gasteiger charge is 2.25. The van der Waals surface area contributed by atoms with Gasteiger partial charge in [0.2, 0.25) is 5.91 Å². The number of fused-ring (bicyclic) bond motifs is 1. The lowest BCUT2D eigenvalue weighted by molar-refractivity contribution is -0.129. The average molecular weight is 286 g/mol. The number of carbonyl (C=O) groups is 1. The lowest BCUT2D eigenvalue weighted by Crippen LogP contribution is -2.31. The van der Waals surface area contributed by atoms with E-state index in [1.165, 1.54) is 5.56 Å². The van der Waals surface area contributed by atoms with Gasteiger partial charge in [-0.2, -0.15) is 0 Å². The summed E-state index contributed by atoms with van der Waals surface area (Å²) in [5, 5.41) is 1.06. The summed E-state index contributed by atoms with van der Waals surface area (Å²) in [4.78, 5) is 14.3. The van der Waals surface area contributed by atoms with Gasteiger partial charge in [-0.05, 0) is 43.9 Å². The molecule has 112 valence electrons. The van der Waals surface area contributed by atoms with Crippen LogP contribution in [0.1, 0.15) is 23.1 Å². The fourth-order valence-electron chi connectivity index (χ4n) is 3.05. The predicted octanol–water partition coefficient (Wildman–Crippen LogP) is 2.40. The molecule has 4 nitrogen and oxygen atoms in total. The summed E-state index contributed by atoms with van der Waals surface area (Å²) >= 11 is 0. The molecule has 1 aliphatic rings. The minimum absolute atomic E-state index is 0.173. The molecule has 0 spiro atoms. The molecular formula is C17H22N2O2. The molecule has 0 aliphatic carbocycles. The molecule has 0 bridgehead atoms. The Morgan fingerprint density at radius 1 is 1.43 bits per heavy atom. The van der Waals surface area contributed by atoms with Gasteiger partial charge in [0.15, 0.2) is 0 Å². The fourth-order valence-corrected chi connectivity index (χ4v) is 3.05. The van der Waals surface area contributed by atoms with Crippen molar-refractivity contribution in [3.8, 4) is 0 Å². The van der Waals surface area contributed by atoms with Gasteiger partial charge in [-0.25, -0.2) is 0 Å². The van der Waals surface area contributed by atoms with Crippen molar-refractivity contribution in [3.63, 3.8) is 0 Å². The summed E-state index contributed by atoms with van der Waals surface area (Å²) in [6.45, 7) is 6.41. The van der Waals surface area contributed by atoms with E-state index in [2.05, 4.69) is 26.0 Å². The van der Waals surface area contributed by atoms with Crippen LogP contribution in [0.4, 0.5) is 0 Å². The minimum Gasteiger partial charge on any atom is -0.464 e. The van der Waals surface area contributed by atoms with Crippen LogP contribution in [0.3, 0.4) is 0 Å². The van der Waals surface area contributed by atoms with Crippen LogP contribution in [0, 0.1) is 19.8 Å². The first-order chi connectivity index (χ1) is 10.1. The number of likely N-dealkylation sites (tertiary alicyclic amines) is 1. The molecule has 3 rings (SSSR count). The fraction of sp³-hybridized carbons (Fsp3) is 0.471. The Balaban J connectivity index is 1.79. The van der Waals surface area contributed by atoms with E-state index in [-0.39, 0.29) is 5.91 Å². The molecule has 0 unspecified atom stereocenters. The molecule has 1 saturated heterocycles. The zero-order chi connectivity index (χ0) is 15.0. The van der Waals surface area contributed by atoms with Gasteiger partial charge < -0.3 is 15.1 Å². The van der Waals surface area contributed by atoms with Crippen LogP contribution < -0.4 is 5.73 Å². The Morgan fingerprint density at radius 3 is 2.95 bits per heavy atom. The highest BCUT2D eigenvalue weighted by atomic mass is 16.3. The van der Waals surface area contributed by atoms with Crippen molar-refractivity contribution in [2.45, 2.75) is 26.7 Å². The zero-order valence-electron chi connectivity index (χ0n) is 12.7. The summed E-state index contributed by atoms with van der Waals surface area (Å²) in [6, 6.07) is 4.14. The van der Waals surface area contributed by atoms with Crippen LogP contribution in [0.15, 0.2) is 22.8 Å². The number of hydrogen-bond donors (Lipinski definition) is 1. The Morgan fingerprint density at radius 2 is 2.24 bits per heavy atom. The molecule has 21 heavy (non-hydrogen) atoms. The molecule has 1 aromatic heterocycles. The SMILES string of the molecule is Cc1ccc2c(CC(=O)N3CC[C@H](CN)C3)coc2c1C. The number of rotatable bonds is 3. The first-order valence-corrected chi connectivity index (χ1v) is 7.54. The summed E-state index contributed by atoms with van der Waals surface area (Å²) in [5.41, 5.74) is 9.92. The second-order valence-corrected chi connectivity index (χ2v) is 6.05. The second-order valence-electron chi connectivity index (χ2n) is 6.05. The number of nitrogens with zero attached hydrogens (tertiary/aromatic N) is 1. The maximum absolute atomic E-state index is 12.4. The third kappa shape index (κ3) is 2.56. The van der Waals surface area contributed by atoms with Gasteiger partial charge >= 0.3 is 0 Å². The standard InChI is InChI=1S/C17H22N2O2/c1-11-3-4-15-14(10-21-17(15)12(11)2)7-16(20)19-6-5-13(8-18)9-19/h3-4,10,13H,5-9,18H2,1-2H3/t13-/m1/s1. The number of amides is 1. The van der Waals surface area contributed by atoms with Gasteiger partial charge in [0.1, 0.15) is 5.58 Å². The predicted molar refractivity (Wildman–Crippen MR) is 83.1 cm³/mol. The van der Waals surface area contributed by atoms with Crippen molar-refractivity contribution in [3.05, 3.63) is 35.1 Å². The topological polar surface area (TPSA) is 59.5 Å². The number of hydrogen-bond acceptors (Lipinski definition) is 3. The van der Waals surface area contributed by atoms with Crippen molar-refractivity contribution < 1.29 is 9.21 Å². The molecule has 4 heteroatoms. The third-order valence-corrected chi connectivity index (χ3v) is 4.66. The van der Waals surface area contributed by atoms with E-state index in [4.69, 9.17) is 10.2 Å². The van der Waals surface area contributed by atoms with E-state index in [1.54, 1.807) is 6.26 Å². The highest BCUT2D eigenvalue weighted by molar-refractivity contribution is 5.89. The van der Waals surface area contributed by atoms with E-state index in [0.29, 0.717) is 18.9 Å². The Labute approximate surface area is 124 Å². The van der Waals surface area contributed by atoms with Gasteiger partial charge in [0, 0.05) is 24.0 Å². The molecule has 2 N–H and O–H groups in total. The second kappa shape index (κ2) is 5.53. The van der Waals surface area contributed by atoms with Crippen molar-refractivity contribution >= 4 is 16.9 Å². The van der Waals surface area contributed by atoms with Crippen LogP contribution in [0.25, 0.3) is 11.0 Å². The first-order valence-electron chi connectivity index (χ1n) is 7.54. The van der Waals surface area contributed by atoms with E-state index in [1.807, 2.05) is 4.90 Å². The van der Waals surface area contributed by atoms with Crippen LogP contribution in [-0.2, 0) is 11.2 Å². The Hall–Kier alpha value is -1.81. The number of carbonyl (C=O) groups excluding carboxylic acids is 1. The van der Waals surface area contributed by atoms with E-state index < -0.39 is 0 Å². The molecule has 1 aliphatic heterocycles. The summed E-state index contributed by atoms with van der Waals surface area (Å²) in [7, 11) is 0. The van der Waals surface area contributed by atoms with Crippen molar-refractivity contribution in [2.75, 3.05) is 19.6 Å². The Bertz CT molecular complexity index is 675. The lowest BCUT2D eigenvalue weighted by Gasteiger charge is -2.15. The molecule has 1 aromatic carbocycles. The monoisotopic (exact) mass is 286 g/mol. The quantitative estimate of drug-likeness (QED) is 0.942. The molecular weight excluding hydrogens is 264 g/mol. The molecule has 1 fully saturated rings. The van der Waals surface area contributed by atoms with E-state index >= 15 is 0 Å². The molecule has 2 heterocycles. The molecule has 2 aromatic rings. The Kier molecular flexibility index (Phi) is 3.72. The van der Waals surface area contributed by atoms with Crippen molar-refractivity contribution in [2.24, 2.45) is 11.7 Å².